The van der Waals surface area contributed by atoms with E-state index < -0.39 is 0 Å². The molecule has 1 amide bonds. The van der Waals surface area contributed by atoms with Gasteiger partial charge in [-0.15, -0.1) is 0 Å². The van der Waals surface area contributed by atoms with Gasteiger partial charge in [0.2, 0.25) is 5.91 Å². The Hall–Kier alpha value is -0.290. The molecule has 2 N–H and O–H groups in total. The number of likely N-dealkylation sites (tertiary alicyclic amines) is 1. The smallest absolute Gasteiger partial charge is 0.225 e. The van der Waals surface area contributed by atoms with E-state index in [2.05, 4.69) is 6.26 Å². The maximum absolute atomic E-state index is 12.1. The number of carbonyl (C=O) groups excluding carboxylic acids is 1. The van der Waals surface area contributed by atoms with E-state index in [1.807, 2.05) is 4.90 Å². The van der Waals surface area contributed by atoms with Crippen LogP contribution in [0.15, 0.2) is 0 Å². The number of hydrogen-bond acceptors (Lipinski definition) is 3. The van der Waals surface area contributed by atoms with Crippen LogP contribution in [-0.4, -0.2) is 39.9 Å². The number of hydrogen-bond donors (Lipinski definition) is 1. The van der Waals surface area contributed by atoms with Crippen LogP contribution in [0.25, 0.3) is 0 Å². The zero-order chi connectivity index (χ0) is 12.5. The van der Waals surface area contributed by atoms with Gasteiger partial charge in [0.05, 0.1) is 9.74 Å². The maximum Gasteiger partial charge on any atom is 0.225 e. The normalized spacial score (nSPS) is 24.2. The second kappa shape index (κ2) is 5.14. The summed E-state index contributed by atoms with van der Waals surface area (Å²) in [6.07, 6.45) is 7.25. The summed E-state index contributed by atoms with van der Waals surface area (Å²) < 4.78 is -0.0777. The Morgan fingerprint density at radius 2 is 2.00 bits per heavy atom. The molecule has 0 atom stereocenters. The molecule has 3 nitrogen and oxygen atoms in total. The molecule has 1 aliphatic carbocycles. The topological polar surface area (TPSA) is 46.3 Å². The molecular weight excluding hydrogens is 252 g/mol. The third-order valence-corrected chi connectivity index (χ3v) is 6.11. The lowest BCUT2D eigenvalue weighted by Crippen LogP contribution is -2.52. The van der Waals surface area contributed by atoms with Gasteiger partial charge >= 0.3 is 0 Å². The van der Waals surface area contributed by atoms with Crippen molar-refractivity contribution in [2.24, 2.45) is 11.7 Å². The first-order valence-electron chi connectivity index (χ1n) is 6.23. The van der Waals surface area contributed by atoms with Gasteiger partial charge in [-0.25, -0.2) is 0 Å². The minimum Gasteiger partial charge on any atom is -0.392 e. The summed E-state index contributed by atoms with van der Waals surface area (Å²) in [5.41, 5.74) is 5.84. The van der Waals surface area contributed by atoms with E-state index in [0.717, 1.165) is 38.8 Å². The van der Waals surface area contributed by atoms with E-state index in [4.69, 9.17) is 18.0 Å². The predicted molar refractivity (Wildman–Crippen MR) is 76.2 cm³/mol. The van der Waals surface area contributed by atoms with Gasteiger partial charge in [-0.2, -0.15) is 11.8 Å². The highest BCUT2D eigenvalue weighted by Crippen LogP contribution is 2.36. The van der Waals surface area contributed by atoms with Crippen molar-refractivity contribution >= 4 is 34.9 Å². The van der Waals surface area contributed by atoms with Gasteiger partial charge in [-0.3, -0.25) is 4.79 Å². The largest absolute Gasteiger partial charge is 0.392 e. The van der Waals surface area contributed by atoms with Crippen LogP contribution in [0, 0.1) is 5.92 Å². The number of nitrogens with zero attached hydrogens (tertiary/aromatic N) is 1. The van der Waals surface area contributed by atoms with Crippen molar-refractivity contribution in [1.82, 2.24) is 4.90 Å². The maximum atomic E-state index is 12.1. The van der Waals surface area contributed by atoms with Crippen LogP contribution in [0.3, 0.4) is 0 Å². The lowest BCUT2D eigenvalue weighted by atomic mass is 9.83. The molecule has 17 heavy (non-hydrogen) atoms. The zero-order valence-corrected chi connectivity index (χ0v) is 11.9. The third kappa shape index (κ3) is 2.45. The molecule has 2 rings (SSSR count). The summed E-state index contributed by atoms with van der Waals surface area (Å²) in [6, 6.07) is 0. The number of piperidine rings is 1. The molecule has 2 aliphatic rings. The molecule has 0 aromatic rings. The van der Waals surface area contributed by atoms with Crippen molar-refractivity contribution in [2.75, 3.05) is 19.3 Å². The van der Waals surface area contributed by atoms with Gasteiger partial charge < -0.3 is 10.6 Å². The quantitative estimate of drug-likeness (QED) is 0.796. The number of thioether (sulfide) groups is 1. The van der Waals surface area contributed by atoms with Gasteiger partial charge in [0, 0.05) is 19.0 Å². The van der Waals surface area contributed by atoms with Crippen molar-refractivity contribution in [3.63, 3.8) is 0 Å². The third-order valence-electron chi connectivity index (χ3n) is 4.18. The summed E-state index contributed by atoms with van der Waals surface area (Å²) in [7, 11) is 0. The van der Waals surface area contributed by atoms with Gasteiger partial charge in [0.15, 0.2) is 0 Å². The van der Waals surface area contributed by atoms with Crippen LogP contribution >= 0.6 is 24.0 Å². The summed E-state index contributed by atoms with van der Waals surface area (Å²) in [5, 5.41) is 0. The van der Waals surface area contributed by atoms with Gasteiger partial charge in [0.25, 0.3) is 0 Å². The first-order chi connectivity index (χ1) is 8.09. The molecule has 96 valence electrons. The molecule has 0 aromatic carbocycles. The van der Waals surface area contributed by atoms with Crippen molar-refractivity contribution in [2.45, 2.75) is 36.9 Å². The van der Waals surface area contributed by atoms with E-state index in [1.54, 1.807) is 11.8 Å². The number of carbonyl (C=O) groups is 1. The summed E-state index contributed by atoms with van der Waals surface area (Å²) in [4.78, 5) is 14.7. The minimum absolute atomic E-state index is 0.0777. The molecule has 1 saturated carbocycles. The van der Waals surface area contributed by atoms with Crippen LogP contribution < -0.4 is 5.73 Å². The number of rotatable bonds is 3. The molecule has 0 spiro atoms. The van der Waals surface area contributed by atoms with Crippen LogP contribution in [0.5, 0.6) is 0 Å². The highest BCUT2D eigenvalue weighted by Gasteiger charge is 2.39. The van der Waals surface area contributed by atoms with E-state index in [1.165, 1.54) is 6.42 Å². The first-order valence-corrected chi connectivity index (χ1v) is 7.86. The zero-order valence-electron chi connectivity index (χ0n) is 10.3. The lowest BCUT2D eigenvalue weighted by Gasteiger charge is -2.42. The highest BCUT2D eigenvalue weighted by molar-refractivity contribution is 8.02. The van der Waals surface area contributed by atoms with E-state index in [9.17, 15) is 4.79 Å². The van der Waals surface area contributed by atoms with Gasteiger partial charge in [-0.1, -0.05) is 18.6 Å². The Kier molecular flexibility index (Phi) is 3.98. The molecule has 2 fully saturated rings. The van der Waals surface area contributed by atoms with Crippen LogP contribution in [0.2, 0.25) is 0 Å². The monoisotopic (exact) mass is 272 g/mol. The first kappa shape index (κ1) is 13.1. The predicted octanol–water partition coefficient (Wildman–Crippen LogP) is 1.80. The number of nitrogens with two attached hydrogens (primary N) is 1. The average Bonchev–Trinajstić information content (AvgIpc) is 2.26. The Morgan fingerprint density at radius 1 is 1.41 bits per heavy atom. The molecule has 1 saturated heterocycles. The molecule has 1 heterocycles. The van der Waals surface area contributed by atoms with Crippen molar-refractivity contribution in [1.29, 1.82) is 0 Å². The average molecular weight is 272 g/mol. The number of thiocarbonyl (C=S) groups is 1. The summed E-state index contributed by atoms with van der Waals surface area (Å²) in [5.74, 6) is 0.663. The molecule has 0 aromatic heterocycles. The molecule has 0 bridgehead atoms. The fourth-order valence-electron chi connectivity index (χ4n) is 2.55. The van der Waals surface area contributed by atoms with Crippen molar-refractivity contribution in [3.8, 4) is 0 Å². The van der Waals surface area contributed by atoms with E-state index in [-0.39, 0.29) is 4.75 Å². The molecule has 5 heteroatoms. The summed E-state index contributed by atoms with van der Waals surface area (Å²) >= 11 is 6.91. The van der Waals surface area contributed by atoms with Crippen LogP contribution in [-0.2, 0) is 4.79 Å². The number of amides is 1. The van der Waals surface area contributed by atoms with E-state index in [0.29, 0.717) is 16.8 Å². The second-order valence-electron chi connectivity index (χ2n) is 5.02. The standard InChI is InChI=1S/C12H20N2OS2/c1-17-12(11(13)16)5-7-14(8-6-12)10(15)9-3-2-4-9/h9H,2-8H2,1H3,(H2,13,16). The minimum atomic E-state index is -0.0777. The highest BCUT2D eigenvalue weighted by atomic mass is 32.2. The Balaban J connectivity index is 1.92. The Bertz CT molecular complexity index is 320. The van der Waals surface area contributed by atoms with E-state index >= 15 is 0 Å². The van der Waals surface area contributed by atoms with Crippen LogP contribution in [0.4, 0.5) is 0 Å². The fourth-order valence-corrected chi connectivity index (χ4v) is 3.80. The molecule has 1 aliphatic heterocycles. The summed E-state index contributed by atoms with van der Waals surface area (Å²) in [6.45, 7) is 1.63. The Morgan fingerprint density at radius 3 is 2.35 bits per heavy atom. The second-order valence-corrected chi connectivity index (χ2v) is 6.65. The van der Waals surface area contributed by atoms with Gasteiger partial charge in [0.1, 0.15) is 0 Å². The lowest BCUT2D eigenvalue weighted by molar-refractivity contribution is -0.139. The molecular formula is C12H20N2OS2. The Labute approximate surface area is 112 Å². The molecule has 0 radical (unpaired) electrons. The van der Waals surface area contributed by atoms with Crippen molar-refractivity contribution < 1.29 is 4.79 Å². The van der Waals surface area contributed by atoms with Crippen LogP contribution in [0.1, 0.15) is 32.1 Å². The SMILES string of the molecule is CSC1(C(N)=S)CCN(C(=O)C2CCC2)CC1. The van der Waals surface area contributed by atoms with Crippen molar-refractivity contribution in [3.05, 3.63) is 0 Å². The molecule has 0 unspecified atom stereocenters. The van der Waals surface area contributed by atoms with Gasteiger partial charge in [-0.05, 0) is 31.9 Å². The fraction of sp³-hybridized carbons (Fsp3) is 0.833.